The summed E-state index contributed by atoms with van der Waals surface area (Å²) in [6.07, 6.45) is 0. The van der Waals surface area contributed by atoms with E-state index in [0.717, 1.165) is 5.41 Å². The van der Waals surface area contributed by atoms with Crippen molar-refractivity contribution >= 4 is 27.0 Å². The maximum atomic E-state index is 12.6. The van der Waals surface area contributed by atoms with Crippen LogP contribution in [0.25, 0.3) is 5.57 Å². The third-order valence-electron chi connectivity index (χ3n) is 3.80. The van der Waals surface area contributed by atoms with E-state index < -0.39 is 15.7 Å². The zero-order valence-corrected chi connectivity index (χ0v) is 15.3. The number of amides is 1. The Labute approximate surface area is 152 Å². The molecular weight excluding hydrogens is 354 g/mol. The summed E-state index contributed by atoms with van der Waals surface area (Å²) < 4.78 is 35.4. The van der Waals surface area contributed by atoms with E-state index in [1.165, 1.54) is 6.07 Å². The largest absolute Gasteiger partial charge is 0.490 e. The summed E-state index contributed by atoms with van der Waals surface area (Å²) in [6, 6.07) is 11.5. The molecule has 0 aromatic heterocycles. The van der Waals surface area contributed by atoms with Gasteiger partial charge in [0.25, 0.3) is 5.91 Å². The second-order valence-corrected chi connectivity index (χ2v) is 7.32. The fourth-order valence-corrected chi connectivity index (χ4v) is 4.15. The van der Waals surface area contributed by atoms with E-state index in [4.69, 9.17) is 9.47 Å². The molecule has 1 aliphatic heterocycles. The average molecular weight is 373 g/mol. The molecule has 1 amide bonds. The smallest absolute Gasteiger partial charge is 0.257 e. The van der Waals surface area contributed by atoms with Crippen molar-refractivity contribution in [2.45, 2.75) is 18.7 Å². The summed E-state index contributed by atoms with van der Waals surface area (Å²) in [4.78, 5) is 12.8. The Kier molecular flexibility index (Phi) is 4.99. The Morgan fingerprint density at radius 2 is 1.69 bits per heavy atom. The van der Waals surface area contributed by atoms with Crippen molar-refractivity contribution in [3.8, 4) is 11.5 Å². The lowest BCUT2D eigenvalue weighted by molar-refractivity contribution is -0.111. The van der Waals surface area contributed by atoms with Crippen molar-refractivity contribution < 1.29 is 22.7 Å². The number of fused-ring (bicyclic) bond motifs is 1. The Balaban J connectivity index is 1.88. The second-order valence-electron chi connectivity index (χ2n) is 5.55. The summed E-state index contributed by atoms with van der Waals surface area (Å²) in [5, 5.41) is 3.73. The first-order valence-corrected chi connectivity index (χ1v) is 9.78. The third kappa shape index (κ3) is 3.43. The van der Waals surface area contributed by atoms with Gasteiger partial charge in [0.15, 0.2) is 11.5 Å². The highest BCUT2D eigenvalue weighted by atomic mass is 32.2. The van der Waals surface area contributed by atoms with Crippen LogP contribution in [-0.2, 0) is 14.6 Å². The molecule has 0 fully saturated rings. The fourth-order valence-electron chi connectivity index (χ4n) is 2.72. The molecule has 1 N–H and O–H groups in total. The second kappa shape index (κ2) is 7.21. The molecule has 0 atom stereocenters. The van der Waals surface area contributed by atoms with E-state index in [1.54, 1.807) is 36.4 Å². The number of anilines is 1. The summed E-state index contributed by atoms with van der Waals surface area (Å²) in [6.45, 7) is 4.67. The number of rotatable bonds is 6. The van der Waals surface area contributed by atoms with E-state index in [2.05, 4.69) is 5.32 Å². The molecule has 136 valence electrons. The Hall–Kier alpha value is -2.80. The highest BCUT2D eigenvalue weighted by molar-refractivity contribution is 7.95. The maximum Gasteiger partial charge on any atom is 0.257 e. The number of benzene rings is 2. The summed E-state index contributed by atoms with van der Waals surface area (Å²) in [5.41, 5.74) is 1.01. The predicted octanol–water partition coefficient (Wildman–Crippen LogP) is 3.25. The third-order valence-corrected chi connectivity index (χ3v) is 5.32. The van der Waals surface area contributed by atoms with Gasteiger partial charge in [0.05, 0.1) is 23.7 Å². The SMILES string of the molecule is CCOc1ccc(NC(=O)C2=CS(=O)(=O)c3ccccc32)cc1OCC. The highest BCUT2D eigenvalue weighted by Gasteiger charge is 2.30. The van der Waals surface area contributed by atoms with Crippen molar-refractivity contribution in [3.05, 3.63) is 53.4 Å². The van der Waals surface area contributed by atoms with Gasteiger partial charge in [-0.2, -0.15) is 0 Å². The van der Waals surface area contributed by atoms with E-state index in [-0.39, 0.29) is 10.5 Å². The monoisotopic (exact) mass is 373 g/mol. The van der Waals surface area contributed by atoms with Crippen molar-refractivity contribution in [2.24, 2.45) is 0 Å². The number of hydrogen-bond donors (Lipinski definition) is 1. The molecule has 0 aliphatic carbocycles. The average Bonchev–Trinajstić information content (AvgIpc) is 2.89. The number of hydrogen-bond acceptors (Lipinski definition) is 5. The van der Waals surface area contributed by atoms with Gasteiger partial charge in [-0.15, -0.1) is 0 Å². The minimum atomic E-state index is -3.59. The molecule has 0 saturated carbocycles. The van der Waals surface area contributed by atoms with Crippen molar-refractivity contribution in [2.75, 3.05) is 18.5 Å². The topological polar surface area (TPSA) is 81.7 Å². The first-order chi connectivity index (χ1) is 12.5. The number of carbonyl (C=O) groups excluding carboxylic acids is 1. The van der Waals surface area contributed by atoms with Gasteiger partial charge in [-0.25, -0.2) is 8.42 Å². The van der Waals surface area contributed by atoms with Gasteiger partial charge in [0, 0.05) is 22.7 Å². The van der Waals surface area contributed by atoms with Crippen LogP contribution in [-0.4, -0.2) is 27.5 Å². The Bertz CT molecular complexity index is 979. The van der Waals surface area contributed by atoms with Crippen LogP contribution in [0.5, 0.6) is 11.5 Å². The zero-order valence-electron chi connectivity index (χ0n) is 14.5. The summed E-state index contributed by atoms with van der Waals surface area (Å²) in [7, 11) is -3.59. The van der Waals surface area contributed by atoms with Crippen LogP contribution in [0.3, 0.4) is 0 Å². The molecule has 26 heavy (non-hydrogen) atoms. The molecule has 0 unspecified atom stereocenters. The molecular formula is C19H19NO5S. The Morgan fingerprint density at radius 3 is 2.42 bits per heavy atom. The van der Waals surface area contributed by atoms with Gasteiger partial charge in [-0.1, -0.05) is 18.2 Å². The van der Waals surface area contributed by atoms with Crippen molar-refractivity contribution in [1.29, 1.82) is 0 Å². The molecule has 3 rings (SSSR count). The molecule has 6 nitrogen and oxygen atoms in total. The molecule has 0 radical (unpaired) electrons. The van der Waals surface area contributed by atoms with Crippen LogP contribution < -0.4 is 14.8 Å². The molecule has 1 aliphatic rings. The van der Waals surface area contributed by atoms with Gasteiger partial charge < -0.3 is 14.8 Å². The minimum Gasteiger partial charge on any atom is -0.490 e. The van der Waals surface area contributed by atoms with Crippen LogP contribution >= 0.6 is 0 Å². The molecule has 0 bridgehead atoms. The lowest BCUT2D eigenvalue weighted by Gasteiger charge is -2.13. The maximum absolute atomic E-state index is 12.6. The number of carbonyl (C=O) groups is 1. The molecule has 2 aromatic rings. The zero-order chi connectivity index (χ0) is 18.7. The van der Waals surface area contributed by atoms with Gasteiger partial charge in [-0.05, 0) is 32.0 Å². The number of sulfone groups is 1. The first kappa shape index (κ1) is 18.0. The molecule has 1 heterocycles. The van der Waals surface area contributed by atoms with Crippen LogP contribution in [0.4, 0.5) is 5.69 Å². The van der Waals surface area contributed by atoms with Gasteiger partial charge in [0.2, 0.25) is 9.84 Å². The van der Waals surface area contributed by atoms with E-state index >= 15 is 0 Å². The Morgan fingerprint density at radius 1 is 1.00 bits per heavy atom. The summed E-state index contributed by atoms with van der Waals surface area (Å²) in [5.74, 6) is 0.603. The first-order valence-electron chi connectivity index (χ1n) is 8.23. The van der Waals surface area contributed by atoms with E-state index in [9.17, 15) is 13.2 Å². The van der Waals surface area contributed by atoms with Crippen LogP contribution in [0.1, 0.15) is 19.4 Å². The fraction of sp³-hybridized carbons (Fsp3) is 0.211. The normalized spacial score (nSPS) is 14.3. The molecule has 0 saturated heterocycles. The lowest BCUT2D eigenvalue weighted by Crippen LogP contribution is -2.13. The van der Waals surface area contributed by atoms with Crippen molar-refractivity contribution in [3.63, 3.8) is 0 Å². The van der Waals surface area contributed by atoms with Gasteiger partial charge >= 0.3 is 0 Å². The quantitative estimate of drug-likeness (QED) is 0.841. The molecule has 0 spiro atoms. The molecule has 2 aromatic carbocycles. The van der Waals surface area contributed by atoms with Gasteiger partial charge in [-0.3, -0.25) is 4.79 Å². The predicted molar refractivity (Wildman–Crippen MR) is 99.0 cm³/mol. The minimum absolute atomic E-state index is 0.118. The van der Waals surface area contributed by atoms with Crippen LogP contribution in [0.2, 0.25) is 0 Å². The van der Waals surface area contributed by atoms with Crippen LogP contribution in [0.15, 0.2) is 52.8 Å². The number of ether oxygens (including phenoxy) is 2. The molecule has 7 heteroatoms. The summed E-state index contributed by atoms with van der Waals surface area (Å²) >= 11 is 0. The van der Waals surface area contributed by atoms with Crippen molar-refractivity contribution in [1.82, 2.24) is 0 Å². The number of nitrogens with one attached hydrogen (secondary N) is 1. The standard InChI is InChI=1S/C19H19NO5S/c1-3-24-16-10-9-13(11-17(16)25-4-2)20-19(21)15-12-26(22,23)18-8-6-5-7-14(15)18/h5-12H,3-4H2,1-2H3,(H,20,21). The lowest BCUT2D eigenvalue weighted by atomic mass is 10.1. The van der Waals surface area contributed by atoms with E-state index in [1.807, 2.05) is 13.8 Å². The highest BCUT2D eigenvalue weighted by Crippen LogP contribution is 2.35. The van der Waals surface area contributed by atoms with E-state index in [0.29, 0.717) is 36.0 Å². The van der Waals surface area contributed by atoms with Gasteiger partial charge in [0.1, 0.15) is 0 Å². The van der Waals surface area contributed by atoms with Crippen LogP contribution in [0, 0.1) is 0 Å².